The Morgan fingerprint density at radius 2 is 1.85 bits per heavy atom. The SMILES string of the molecule is CS(=O)(=O)Oc1c(CCC(O)CO)c2cc(F)ccc2n1OS(C)(=O)=O. The van der Waals surface area contributed by atoms with Gasteiger partial charge in [0.2, 0.25) is 0 Å². The standard InChI is InChI=1S/C14H18FNO8S2/c1-25(19,20)23-14-11(5-4-10(18)8-17)12-7-9(15)3-6-13(12)16(14)24-26(2,21)22/h3,6-7,10,17-18H,4-5,8H2,1-2H3. The molecule has 0 bridgehead atoms. The molecule has 12 heteroatoms. The summed E-state index contributed by atoms with van der Waals surface area (Å²) >= 11 is 0. The van der Waals surface area contributed by atoms with Gasteiger partial charge in [-0.2, -0.15) is 16.8 Å². The number of aliphatic hydroxyl groups is 2. The van der Waals surface area contributed by atoms with Gasteiger partial charge in [-0.15, -0.1) is 4.73 Å². The number of aryl methyl sites for hydroxylation is 1. The molecule has 1 atom stereocenters. The molecular formula is C14H18FNO8S2. The second-order valence-electron chi connectivity index (χ2n) is 5.68. The van der Waals surface area contributed by atoms with Crippen LogP contribution in [0, 0.1) is 5.82 Å². The van der Waals surface area contributed by atoms with E-state index in [-0.39, 0.29) is 29.3 Å². The fraction of sp³-hybridized carbons (Fsp3) is 0.429. The van der Waals surface area contributed by atoms with Crippen LogP contribution in [0.1, 0.15) is 12.0 Å². The van der Waals surface area contributed by atoms with Crippen molar-refractivity contribution in [1.82, 2.24) is 4.73 Å². The van der Waals surface area contributed by atoms with Crippen molar-refractivity contribution in [3.8, 4) is 5.88 Å². The van der Waals surface area contributed by atoms with Gasteiger partial charge in [-0.25, -0.2) is 4.39 Å². The summed E-state index contributed by atoms with van der Waals surface area (Å²) in [5.74, 6) is -1.12. The summed E-state index contributed by atoms with van der Waals surface area (Å²) in [5, 5.41) is 18.6. The number of fused-ring (bicyclic) bond motifs is 1. The van der Waals surface area contributed by atoms with E-state index in [1.807, 2.05) is 0 Å². The summed E-state index contributed by atoms with van der Waals surface area (Å²) < 4.78 is 70.3. The molecule has 0 amide bonds. The lowest BCUT2D eigenvalue weighted by molar-refractivity contribution is 0.0885. The number of hydrogen-bond donors (Lipinski definition) is 2. The van der Waals surface area contributed by atoms with Crippen molar-refractivity contribution in [3.05, 3.63) is 29.6 Å². The Morgan fingerprint density at radius 3 is 2.38 bits per heavy atom. The monoisotopic (exact) mass is 411 g/mol. The molecule has 0 aliphatic carbocycles. The molecule has 26 heavy (non-hydrogen) atoms. The summed E-state index contributed by atoms with van der Waals surface area (Å²) in [6.45, 7) is -0.533. The fourth-order valence-corrected chi connectivity index (χ4v) is 3.23. The average molecular weight is 411 g/mol. The molecule has 1 aromatic carbocycles. The Kier molecular flexibility index (Phi) is 5.80. The van der Waals surface area contributed by atoms with E-state index < -0.39 is 44.6 Å². The minimum Gasteiger partial charge on any atom is -0.394 e. The lowest BCUT2D eigenvalue weighted by atomic mass is 10.1. The molecule has 146 valence electrons. The maximum Gasteiger partial charge on any atom is 0.324 e. The molecule has 1 aromatic heterocycles. The number of benzene rings is 1. The van der Waals surface area contributed by atoms with E-state index in [0.29, 0.717) is 4.73 Å². The third-order valence-corrected chi connectivity index (χ3v) is 4.20. The Labute approximate surface area is 149 Å². The second kappa shape index (κ2) is 7.39. The van der Waals surface area contributed by atoms with Crippen molar-refractivity contribution in [2.45, 2.75) is 18.9 Å². The Morgan fingerprint density at radius 1 is 1.19 bits per heavy atom. The number of hydrogen-bond acceptors (Lipinski definition) is 8. The van der Waals surface area contributed by atoms with Crippen LogP contribution in [0.3, 0.4) is 0 Å². The van der Waals surface area contributed by atoms with Gasteiger partial charge in [-0.05, 0) is 31.0 Å². The summed E-state index contributed by atoms with van der Waals surface area (Å²) in [7, 11) is -8.16. The van der Waals surface area contributed by atoms with E-state index in [4.69, 9.17) is 13.6 Å². The molecule has 0 aliphatic rings. The highest BCUT2D eigenvalue weighted by atomic mass is 32.2. The largest absolute Gasteiger partial charge is 0.394 e. The van der Waals surface area contributed by atoms with Crippen LogP contribution in [0.4, 0.5) is 4.39 Å². The van der Waals surface area contributed by atoms with Crippen molar-refractivity contribution in [2.24, 2.45) is 0 Å². The zero-order valence-electron chi connectivity index (χ0n) is 13.9. The summed E-state index contributed by atoms with van der Waals surface area (Å²) in [4.78, 5) is 0. The number of halogens is 1. The van der Waals surface area contributed by atoms with Gasteiger partial charge < -0.3 is 14.4 Å². The van der Waals surface area contributed by atoms with Crippen molar-refractivity contribution in [1.29, 1.82) is 0 Å². The van der Waals surface area contributed by atoms with Crippen LogP contribution in [-0.2, 0) is 26.7 Å². The molecule has 1 heterocycles. The third kappa shape index (κ3) is 5.06. The molecule has 1 unspecified atom stereocenters. The Balaban J connectivity index is 2.74. The van der Waals surface area contributed by atoms with Gasteiger partial charge in [0.25, 0.3) is 5.88 Å². The lowest BCUT2D eigenvalue weighted by Crippen LogP contribution is -2.21. The molecule has 2 aromatic rings. The second-order valence-corrected chi connectivity index (χ2v) is 8.81. The van der Waals surface area contributed by atoms with Gasteiger partial charge in [0.1, 0.15) is 5.82 Å². The maximum atomic E-state index is 13.7. The molecule has 2 rings (SSSR count). The normalized spacial score (nSPS) is 13.7. The number of nitrogens with zero attached hydrogens (tertiary/aromatic N) is 1. The van der Waals surface area contributed by atoms with Gasteiger partial charge in [-0.3, -0.25) is 4.28 Å². The molecular weight excluding hydrogens is 393 g/mol. The highest BCUT2D eigenvalue weighted by Gasteiger charge is 2.26. The first-order valence-corrected chi connectivity index (χ1v) is 11.0. The zero-order chi connectivity index (χ0) is 19.7. The van der Waals surface area contributed by atoms with Crippen LogP contribution in [0.2, 0.25) is 0 Å². The molecule has 0 radical (unpaired) electrons. The molecule has 0 saturated heterocycles. The zero-order valence-corrected chi connectivity index (χ0v) is 15.5. The van der Waals surface area contributed by atoms with Crippen molar-refractivity contribution in [3.63, 3.8) is 0 Å². The molecule has 0 aliphatic heterocycles. The van der Waals surface area contributed by atoms with Crippen molar-refractivity contribution < 1.29 is 39.9 Å². The first-order valence-electron chi connectivity index (χ1n) is 7.32. The van der Waals surface area contributed by atoms with E-state index >= 15 is 0 Å². The van der Waals surface area contributed by atoms with E-state index in [9.17, 15) is 26.3 Å². The van der Waals surface area contributed by atoms with E-state index in [1.165, 1.54) is 6.07 Å². The Bertz CT molecular complexity index is 1010. The van der Waals surface area contributed by atoms with E-state index in [0.717, 1.165) is 24.6 Å². The maximum absolute atomic E-state index is 13.7. The number of aliphatic hydroxyl groups excluding tert-OH is 2. The smallest absolute Gasteiger partial charge is 0.324 e. The van der Waals surface area contributed by atoms with Crippen LogP contribution >= 0.6 is 0 Å². The first kappa shape index (κ1) is 20.4. The van der Waals surface area contributed by atoms with Crippen LogP contribution in [0.5, 0.6) is 5.88 Å². The van der Waals surface area contributed by atoms with Gasteiger partial charge in [0.05, 0.1) is 30.7 Å². The van der Waals surface area contributed by atoms with Crippen molar-refractivity contribution >= 4 is 31.1 Å². The molecule has 9 nitrogen and oxygen atoms in total. The van der Waals surface area contributed by atoms with E-state index in [2.05, 4.69) is 0 Å². The topological polar surface area (TPSA) is 132 Å². The predicted octanol–water partition coefficient (Wildman–Crippen LogP) is -0.207. The predicted molar refractivity (Wildman–Crippen MR) is 90.2 cm³/mol. The summed E-state index contributed by atoms with van der Waals surface area (Å²) in [5.41, 5.74) is 0.171. The highest BCUT2D eigenvalue weighted by Crippen LogP contribution is 2.34. The fourth-order valence-electron chi connectivity index (χ4n) is 2.36. The summed E-state index contributed by atoms with van der Waals surface area (Å²) in [6, 6.07) is 3.31. The van der Waals surface area contributed by atoms with Gasteiger partial charge in [0, 0.05) is 10.9 Å². The quantitative estimate of drug-likeness (QED) is 0.571. The van der Waals surface area contributed by atoms with Crippen LogP contribution < -0.4 is 8.47 Å². The lowest BCUT2D eigenvalue weighted by Gasteiger charge is -2.11. The average Bonchev–Trinajstić information content (AvgIpc) is 2.74. The van der Waals surface area contributed by atoms with Gasteiger partial charge in [-0.1, -0.05) is 0 Å². The van der Waals surface area contributed by atoms with Gasteiger partial charge >= 0.3 is 20.2 Å². The highest BCUT2D eigenvalue weighted by molar-refractivity contribution is 7.86. The third-order valence-electron chi connectivity index (χ3n) is 3.32. The number of aromatic nitrogens is 1. The minimum atomic E-state index is -4.08. The van der Waals surface area contributed by atoms with Crippen molar-refractivity contribution in [2.75, 3.05) is 19.1 Å². The van der Waals surface area contributed by atoms with Crippen LogP contribution in [0.15, 0.2) is 18.2 Å². The molecule has 0 spiro atoms. The summed E-state index contributed by atoms with van der Waals surface area (Å²) in [6.07, 6.45) is 0.353. The molecule has 2 N–H and O–H groups in total. The molecule has 0 saturated carbocycles. The Hall–Kier alpha value is -1.89. The molecule has 0 fully saturated rings. The van der Waals surface area contributed by atoms with Crippen LogP contribution in [-0.4, -0.2) is 57.0 Å². The van der Waals surface area contributed by atoms with Gasteiger partial charge in [0.15, 0.2) is 0 Å². The minimum absolute atomic E-state index is 0.00881. The van der Waals surface area contributed by atoms with E-state index in [1.54, 1.807) is 0 Å². The number of rotatable bonds is 8. The first-order chi connectivity index (χ1) is 11.9. The van der Waals surface area contributed by atoms with Crippen LogP contribution in [0.25, 0.3) is 10.9 Å².